The van der Waals surface area contributed by atoms with Gasteiger partial charge in [-0.2, -0.15) is 4.98 Å². The first-order valence-corrected chi connectivity index (χ1v) is 11.1. The summed E-state index contributed by atoms with van der Waals surface area (Å²) in [6, 6.07) is 6.12. The van der Waals surface area contributed by atoms with Crippen LogP contribution in [-0.2, 0) is 13.1 Å². The number of hydrogen-bond acceptors (Lipinski definition) is 6. The Hall–Kier alpha value is -2.25. The van der Waals surface area contributed by atoms with Gasteiger partial charge in [0.1, 0.15) is 5.82 Å². The van der Waals surface area contributed by atoms with Gasteiger partial charge in [-0.15, -0.1) is 10.2 Å². The van der Waals surface area contributed by atoms with E-state index in [0.29, 0.717) is 11.8 Å². The molecule has 30 heavy (non-hydrogen) atoms. The number of aromatic nitrogens is 5. The van der Waals surface area contributed by atoms with Crippen LogP contribution in [-0.4, -0.2) is 36.9 Å². The predicted molar refractivity (Wildman–Crippen MR) is 114 cm³/mol. The zero-order valence-corrected chi connectivity index (χ0v) is 18.4. The van der Waals surface area contributed by atoms with Crippen molar-refractivity contribution < 1.29 is 4.52 Å². The smallest absolute Gasteiger partial charge is 0.229 e. The summed E-state index contributed by atoms with van der Waals surface area (Å²) in [5, 5.41) is 14.2. The van der Waals surface area contributed by atoms with Gasteiger partial charge in [0.25, 0.3) is 0 Å². The van der Waals surface area contributed by atoms with E-state index in [1.54, 1.807) is 0 Å². The maximum Gasteiger partial charge on any atom is 0.229 e. The first kappa shape index (κ1) is 19.7. The van der Waals surface area contributed by atoms with E-state index in [4.69, 9.17) is 16.1 Å². The summed E-state index contributed by atoms with van der Waals surface area (Å²) in [7, 11) is 2.11. The van der Waals surface area contributed by atoms with Crippen LogP contribution in [0.1, 0.15) is 86.2 Å². The van der Waals surface area contributed by atoms with Gasteiger partial charge in [0.15, 0.2) is 11.6 Å². The molecule has 0 unspecified atom stereocenters. The molecule has 158 valence electrons. The Morgan fingerprint density at radius 2 is 1.83 bits per heavy atom. The summed E-state index contributed by atoms with van der Waals surface area (Å²) in [5.74, 6) is 4.66. The number of benzene rings is 1. The topological polar surface area (TPSA) is 72.9 Å². The molecule has 1 aromatic carbocycles. The Morgan fingerprint density at radius 1 is 1.07 bits per heavy atom. The molecule has 0 saturated heterocycles. The van der Waals surface area contributed by atoms with E-state index in [9.17, 15) is 0 Å². The van der Waals surface area contributed by atoms with Crippen LogP contribution in [0, 0.1) is 0 Å². The van der Waals surface area contributed by atoms with E-state index in [2.05, 4.69) is 62.8 Å². The molecule has 0 amide bonds. The number of rotatable bonds is 3. The lowest BCUT2D eigenvalue weighted by atomic mass is 9.81. The molecule has 2 aliphatic rings. The molecule has 2 aromatic heterocycles. The highest BCUT2D eigenvalue weighted by Crippen LogP contribution is 2.40. The van der Waals surface area contributed by atoms with Crippen molar-refractivity contribution in [1.82, 2.24) is 29.8 Å². The summed E-state index contributed by atoms with van der Waals surface area (Å²) in [4.78, 5) is 6.88. The molecule has 1 fully saturated rings. The fraction of sp³-hybridized carbons (Fsp3) is 0.545. The maximum absolute atomic E-state index is 6.28. The van der Waals surface area contributed by atoms with Crippen molar-refractivity contribution in [2.24, 2.45) is 0 Å². The SMILES string of the molecule is CC(C)c1nc(C2CCC(c3nnc4n3-c3ccc(Cl)cc3CN(C)C4)CC2)no1. The van der Waals surface area contributed by atoms with Gasteiger partial charge in [-0.3, -0.25) is 9.47 Å². The largest absolute Gasteiger partial charge is 0.339 e. The van der Waals surface area contributed by atoms with Gasteiger partial charge in [-0.1, -0.05) is 30.6 Å². The van der Waals surface area contributed by atoms with Gasteiger partial charge in [0.2, 0.25) is 5.89 Å². The molecule has 5 rings (SSSR count). The van der Waals surface area contributed by atoms with E-state index in [-0.39, 0.29) is 5.92 Å². The first-order valence-electron chi connectivity index (χ1n) is 10.7. The second kappa shape index (κ2) is 7.78. The molecule has 1 aliphatic heterocycles. The summed E-state index contributed by atoms with van der Waals surface area (Å²) in [6.45, 7) is 5.78. The Kier molecular flexibility index (Phi) is 5.11. The molecule has 1 saturated carbocycles. The third kappa shape index (κ3) is 3.54. The fourth-order valence-corrected chi connectivity index (χ4v) is 4.90. The number of nitrogens with zero attached hydrogens (tertiary/aromatic N) is 6. The second-order valence-electron chi connectivity index (χ2n) is 8.95. The van der Waals surface area contributed by atoms with E-state index in [0.717, 1.165) is 72.8 Å². The third-order valence-corrected chi connectivity index (χ3v) is 6.53. The Bertz CT molecular complexity index is 1050. The van der Waals surface area contributed by atoms with Crippen molar-refractivity contribution in [3.05, 3.63) is 52.1 Å². The average molecular weight is 427 g/mol. The van der Waals surface area contributed by atoms with E-state index >= 15 is 0 Å². The quantitative estimate of drug-likeness (QED) is 0.598. The van der Waals surface area contributed by atoms with Crippen LogP contribution >= 0.6 is 11.6 Å². The molecule has 3 aromatic rings. The highest BCUT2D eigenvalue weighted by Gasteiger charge is 2.32. The van der Waals surface area contributed by atoms with Crippen LogP contribution in [0.5, 0.6) is 0 Å². The predicted octanol–water partition coefficient (Wildman–Crippen LogP) is 4.81. The highest BCUT2D eigenvalue weighted by atomic mass is 35.5. The van der Waals surface area contributed by atoms with Crippen molar-refractivity contribution >= 4 is 11.6 Å². The maximum atomic E-state index is 6.28. The van der Waals surface area contributed by atoms with Crippen molar-refractivity contribution in [2.75, 3.05) is 7.05 Å². The van der Waals surface area contributed by atoms with Crippen molar-refractivity contribution in [1.29, 1.82) is 0 Å². The van der Waals surface area contributed by atoms with Crippen LogP contribution in [0.3, 0.4) is 0 Å². The molecule has 1 aliphatic carbocycles. The van der Waals surface area contributed by atoms with Gasteiger partial charge in [0, 0.05) is 29.3 Å². The second-order valence-corrected chi connectivity index (χ2v) is 9.39. The van der Waals surface area contributed by atoms with Gasteiger partial charge in [-0.25, -0.2) is 0 Å². The number of fused-ring (bicyclic) bond motifs is 3. The monoisotopic (exact) mass is 426 g/mol. The molecule has 0 atom stereocenters. The zero-order chi connectivity index (χ0) is 20.8. The molecule has 0 radical (unpaired) electrons. The molecule has 3 heterocycles. The third-order valence-electron chi connectivity index (χ3n) is 6.30. The summed E-state index contributed by atoms with van der Waals surface area (Å²) >= 11 is 6.28. The van der Waals surface area contributed by atoms with E-state index in [1.807, 2.05) is 6.07 Å². The van der Waals surface area contributed by atoms with Gasteiger partial charge >= 0.3 is 0 Å². The minimum atomic E-state index is 0.265. The average Bonchev–Trinajstić information content (AvgIpc) is 3.34. The zero-order valence-electron chi connectivity index (χ0n) is 17.7. The lowest BCUT2D eigenvalue weighted by Crippen LogP contribution is -2.17. The lowest BCUT2D eigenvalue weighted by molar-refractivity contribution is 0.315. The normalized spacial score (nSPS) is 22.0. The van der Waals surface area contributed by atoms with Gasteiger partial charge in [-0.05, 0) is 56.5 Å². The van der Waals surface area contributed by atoms with Gasteiger partial charge < -0.3 is 4.52 Å². The molecule has 8 heteroatoms. The van der Waals surface area contributed by atoms with Crippen LogP contribution in [0.15, 0.2) is 22.7 Å². The molecule has 0 spiro atoms. The summed E-state index contributed by atoms with van der Waals surface area (Å²) in [6.07, 6.45) is 4.18. The van der Waals surface area contributed by atoms with Crippen LogP contribution in [0.25, 0.3) is 5.69 Å². The molecular weight excluding hydrogens is 400 g/mol. The standard InChI is InChI=1S/C22H27ClN6O/c1-13(2)22-24-20(27-30-22)14-4-6-15(7-5-14)21-26-25-19-12-28(3)11-16-10-17(23)8-9-18(16)29(19)21/h8-10,13-15H,4-7,11-12H2,1-3H3. The highest BCUT2D eigenvalue weighted by molar-refractivity contribution is 6.30. The minimum Gasteiger partial charge on any atom is -0.339 e. The van der Waals surface area contributed by atoms with Gasteiger partial charge in [0.05, 0.1) is 12.2 Å². The molecular formula is C22H27ClN6O. The Morgan fingerprint density at radius 3 is 2.57 bits per heavy atom. The number of halogens is 1. The molecule has 0 N–H and O–H groups in total. The van der Waals surface area contributed by atoms with Crippen molar-refractivity contribution in [3.8, 4) is 5.69 Å². The molecule has 0 bridgehead atoms. The molecule has 7 nitrogen and oxygen atoms in total. The lowest BCUT2D eigenvalue weighted by Gasteiger charge is -2.26. The van der Waals surface area contributed by atoms with Crippen molar-refractivity contribution in [2.45, 2.75) is 70.4 Å². The fourth-order valence-electron chi connectivity index (χ4n) is 4.70. The minimum absolute atomic E-state index is 0.265. The summed E-state index contributed by atoms with van der Waals surface area (Å²) < 4.78 is 7.69. The number of hydrogen-bond donors (Lipinski definition) is 0. The first-order chi connectivity index (χ1) is 14.5. The van der Waals surface area contributed by atoms with Crippen LogP contribution < -0.4 is 0 Å². The van der Waals surface area contributed by atoms with Crippen molar-refractivity contribution in [3.63, 3.8) is 0 Å². The van der Waals surface area contributed by atoms with E-state index in [1.165, 1.54) is 5.56 Å². The summed E-state index contributed by atoms with van der Waals surface area (Å²) in [5.41, 5.74) is 2.37. The van der Waals surface area contributed by atoms with Crippen LogP contribution in [0.2, 0.25) is 5.02 Å². The van der Waals surface area contributed by atoms with Crippen LogP contribution in [0.4, 0.5) is 0 Å². The van der Waals surface area contributed by atoms with E-state index < -0.39 is 0 Å². The Labute approximate surface area is 181 Å². The Balaban J connectivity index is 1.40.